The van der Waals surface area contributed by atoms with E-state index in [4.69, 9.17) is 9.15 Å². The monoisotopic (exact) mass is 322 g/mol. The van der Waals surface area contributed by atoms with Gasteiger partial charge in [-0.2, -0.15) is 0 Å². The molecule has 5 heteroatoms. The van der Waals surface area contributed by atoms with E-state index in [2.05, 4.69) is 31.9 Å². The van der Waals surface area contributed by atoms with Crippen molar-refractivity contribution in [1.82, 2.24) is 0 Å². The summed E-state index contributed by atoms with van der Waals surface area (Å²) >= 11 is 6.49. The number of hydrogen-bond donors (Lipinski definition) is 1. The number of aliphatic hydroxyl groups is 1. The predicted molar refractivity (Wildman–Crippen MR) is 57.7 cm³/mol. The van der Waals surface area contributed by atoms with Gasteiger partial charge >= 0.3 is 0 Å². The molecular formula is C9H8Br2O3. The Bertz CT molecular complexity index is 351. The van der Waals surface area contributed by atoms with E-state index < -0.39 is 6.10 Å². The fraction of sp³-hybridized carbons (Fsp3) is 0.333. The molecule has 0 bridgehead atoms. The lowest BCUT2D eigenvalue weighted by atomic mass is 10.2. The zero-order valence-electron chi connectivity index (χ0n) is 7.17. The van der Waals surface area contributed by atoms with Crippen LogP contribution in [0.15, 0.2) is 31.5 Å². The highest BCUT2D eigenvalue weighted by molar-refractivity contribution is 9.13. The van der Waals surface area contributed by atoms with Crippen LogP contribution in [0.25, 0.3) is 0 Å². The minimum Gasteiger partial charge on any atom is -0.495 e. The van der Waals surface area contributed by atoms with Crippen molar-refractivity contribution in [3.8, 4) is 0 Å². The van der Waals surface area contributed by atoms with E-state index in [0.717, 1.165) is 10.9 Å². The van der Waals surface area contributed by atoms with Gasteiger partial charge in [0.25, 0.3) is 0 Å². The standard InChI is InChI=1S/C9H8Br2O3/c10-5-4-7(14-9(5)11)8(12)6-2-1-3-13-6/h2,4,8,12H,1,3H2. The van der Waals surface area contributed by atoms with Crippen molar-refractivity contribution in [3.05, 3.63) is 32.8 Å². The highest BCUT2D eigenvalue weighted by atomic mass is 79.9. The maximum atomic E-state index is 9.83. The van der Waals surface area contributed by atoms with Gasteiger partial charge in [-0.25, -0.2) is 0 Å². The number of aliphatic hydroxyl groups excluding tert-OH is 1. The zero-order chi connectivity index (χ0) is 10.1. The maximum Gasteiger partial charge on any atom is 0.183 e. The van der Waals surface area contributed by atoms with Gasteiger partial charge < -0.3 is 14.3 Å². The molecule has 1 aromatic rings. The third-order valence-electron chi connectivity index (χ3n) is 1.94. The largest absolute Gasteiger partial charge is 0.495 e. The number of halogens is 2. The second kappa shape index (κ2) is 4.08. The highest BCUT2D eigenvalue weighted by Crippen LogP contribution is 2.33. The van der Waals surface area contributed by atoms with Crippen LogP contribution in [-0.4, -0.2) is 11.7 Å². The molecule has 1 aliphatic rings. The molecule has 0 radical (unpaired) electrons. The van der Waals surface area contributed by atoms with E-state index in [1.54, 1.807) is 6.07 Å². The first-order valence-electron chi connectivity index (χ1n) is 4.14. The molecule has 0 aromatic carbocycles. The SMILES string of the molecule is OC(C1=CCCO1)c1cc(Br)c(Br)o1. The normalized spacial score (nSPS) is 17.8. The van der Waals surface area contributed by atoms with E-state index in [0.29, 0.717) is 22.8 Å². The van der Waals surface area contributed by atoms with E-state index in [1.807, 2.05) is 6.08 Å². The molecule has 14 heavy (non-hydrogen) atoms. The molecule has 0 spiro atoms. The van der Waals surface area contributed by atoms with Crippen LogP contribution in [0.4, 0.5) is 0 Å². The molecule has 1 atom stereocenters. The average Bonchev–Trinajstić information content (AvgIpc) is 2.76. The van der Waals surface area contributed by atoms with Crippen LogP contribution in [0, 0.1) is 0 Å². The summed E-state index contributed by atoms with van der Waals surface area (Å²) in [4.78, 5) is 0. The summed E-state index contributed by atoms with van der Waals surface area (Å²) in [7, 11) is 0. The molecule has 0 saturated heterocycles. The molecule has 2 rings (SSSR count). The van der Waals surface area contributed by atoms with Crippen LogP contribution in [0.3, 0.4) is 0 Å². The predicted octanol–water partition coefficient (Wildman–Crippen LogP) is 3.14. The fourth-order valence-electron chi connectivity index (χ4n) is 1.27. The Morgan fingerprint density at radius 2 is 2.21 bits per heavy atom. The Hall–Kier alpha value is -0.260. The minimum atomic E-state index is -0.805. The Morgan fingerprint density at radius 1 is 1.43 bits per heavy atom. The van der Waals surface area contributed by atoms with Crippen LogP contribution in [-0.2, 0) is 4.74 Å². The quantitative estimate of drug-likeness (QED) is 0.909. The van der Waals surface area contributed by atoms with Gasteiger partial charge in [0, 0.05) is 6.42 Å². The van der Waals surface area contributed by atoms with Gasteiger partial charge in [0.2, 0.25) is 0 Å². The summed E-state index contributed by atoms with van der Waals surface area (Å²) in [6, 6.07) is 1.72. The number of rotatable bonds is 2. The van der Waals surface area contributed by atoms with Crippen LogP contribution >= 0.6 is 31.9 Å². The summed E-state index contributed by atoms with van der Waals surface area (Å²) < 4.78 is 11.9. The topological polar surface area (TPSA) is 42.6 Å². The van der Waals surface area contributed by atoms with Gasteiger partial charge in [-0.15, -0.1) is 0 Å². The van der Waals surface area contributed by atoms with Crippen molar-refractivity contribution < 1.29 is 14.3 Å². The van der Waals surface area contributed by atoms with Crippen molar-refractivity contribution in [2.24, 2.45) is 0 Å². The number of hydrogen-bond acceptors (Lipinski definition) is 3. The van der Waals surface area contributed by atoms with E-state index in [9.17, 15) is 5.11 Å². The van der Waals surface area contributed by atoms with Crippen LogP contribution in [0.5, 0.6) is 0 Å². The Kier molecular flexibility index (Phi) is 2.99. The molecule has 0 amide bonds. The third kappa shape index (κ3) is 1.89. The second-order valence-corrected chi connectivity index (χ2v) is 4.49. The van der Waals surface area contributed by atoms with Crippen molar-refractivity contribution >= 4 is 31.9 Å². The molecular weight excluding hydrogens is 316 g/mol. The lowest BCUT2D eigenvalue weighted by Gasteiger charge is -2.08. The molecule has 76 valence electrons. The lowest BCUT2D eigenvalue weighted by molar-refractivity contribution is 0.102. The van der Waals surface area contributed by atoms with E-state index >= 15 is 0 Å². The molecule has 0 aliphatic carbocycles. The first-order valence-corrected chi connectivity index (χ1v) is 5.72. The third-order valence-corrected chi connectivity index (χ3v) is 3.65. The van der Waals surface area contributed by atoms with Crippen molar-refractivity contribution in [3.63, 3.8) is 0 Å². The molecule has 1 N–H and O–H groups in total. The smallest absolute Gasteiger partial charge is 0.183 e. The summed E-state index contributed by atoms with van der Waals surface area (Å²) in [5.74, 6) is 1.04. The van der Waals surface area contributed by atoms with Crippen molar-refractivity contribution in [1.29, 1.82) is 0 Å². The number of ether oxygens (including phenoxy) is 1. The van der Waals surface area contributed by atoms with Gasteiger partial charge in [-0.05, 0) is 44.0 Å². The summed E-state index contributed by atoms with van der Waals surface area (Å²) in [6.07, 6.45) is 1.91. The molecule has 2 heterocycles. The molecule has 1 unspecified atom stereocenters. The summed E-state index contributed by atoms with van der Waals surface area (Å²) in [6.45, 7) is 0.634. The molecule has 3 nitrogen and oxygen atoms in total. The van der Waals surface area contributed by atoms with Gasteiger partial charge in [0.05, 0.1) is 11.1 Å². The van der Waals surface area contributed by atoms with Crippen LogP contribution < -0.4 is 0 Å². The highest BCUT2D eigenvalue weighted by Gasteiger charge is 2.22. The summed E-state index contributed by atoms with van der Waals surface area (Å²) in [5, 5.41) is 9.83. The molecule has 0 fully saturated rings. The molecule has 1 aliphatic heterocycles. The molecule has 1 aromatic heterocycles. The van der Waals surface area contributed by atoms with Gasteiger partial charge in [-0.1, -0.05) is 0 Å². The Labute approximate surface area is 98.0 Å². The average molecular weight is 324 g/mol. The Balaban J connectivity index is 2.22. The first-order chi connectivity index (χ1) is 6.68. The number of furan rings is 1. The fourth-order valence-corrected chi connectivity index (χ4v) is 1.87. The second-order valence-electron chi connectivity index (χ2n) is 2.92. The van der Waals surface area contributed by atoms with Crippen molar-refractivity contribution in [2.75, 3.05) is 6.61 Å². The van der Waals surface area contributed by atoms with E-state index in [-0.39, 0.29) is 0 Å². The molecule has 0 saturated carbocycles. The zero-order valence-corrected chi connectivity index (χ0v) is 10.3. The van der Waals surface area contributed by atoms with E-state index in [1.165, 1.54) is 0 Å². The van der Waals surface area contributed by atoms with Crippen LogP contribution in [0.1, 0.15) is 18.3 Å². The first kappa shape index (κ1) is 10.3. The lowest BCUT2D eigenvalue weighted by Crippen LogP contribution is -2.00. The van der Waals surface area contributed by atoms with Gasteiger partial charge in [-0.3, -0.25) is 0 Å². The minimum absolute atomic E-state index is 0.469. The summed E-state index contributed by atoms with van der Waals surface area (Å²) in [5.41, 5.74) is 0. The Morgan fingerprint density at radius 3 is 2.71 bits per heavy atom. The van der Waals surface area contributed by atoms with Crippen molar-refractivity contribution in [2.45, 2.75) is 12.5 Å². The van der Waals surface area contributed by atoms with Crippen LogP contribution in [0.2, 0.25) is 0 Å². The maximum absolute atomic E-state index is 9.83. The van der Waals surface area contributed by atoms with Gasteiger partial charge in [0.15, 0.2) is 10.8 Å². The van der Waals surface area contributed by atoms with Gasteiger partial charge in [0.1, 0.15) is 11.5 Å².